The van der Waals surface area contributed by atoms with Crippen molar-refractivity contribution in [3.05, 3.63) is 47.5 Å². The Labute approximate surface area is 123 Å². The van der Waals surface area contributed by atoms with E-state index in [2.05, 4.69) is 15.4 Å². The molecule has 0 bridgehead atoms. The topological polar surface area (TPSA) is 42.7 Å². The molecule has 0 spiro atoms. The summed E-state index contributed by atoms with van der Waals surface area (Å²) in [5, 5.41) is 7.36. The van der Waals surface area contributed by atoms with Gasteiger partial charge in [0.1, 0.15) is 23.8 Å². The Morgan fingerprint density at radius 1 is 1.14 bits per heavy atom. The van der Waals surface area contributed by atoms with E-state index < -0.39 is 11.6 Å². The maximum Gasteiger partial charge on any atom is 0.138 e. The summed E-state index contributed by atoms with van der Waals surface area (Å²) in [6.45, 7) is 4.07. The molecule has 0 aliphatic heterocycles. The van der Waals surface area contributed by atoms with Crippen LogP contribution in [-0.2, 0) is 12.8 Å². The zero-order chi connectivity index (χ0) is 15.4. The maximum atomic E-state index is 13.2. The second-order valence-corrected chi connectivity index (χ2v) is 5.39. The molecule has 1 N–H and O–H groups in total. The third kappa shape index (κ3) is 4.07. The first-order chi connectivity index (χ1) is 9.99. The maximum absolute atomic E-state index is 13.2. The van der Waals surface area contributed by atoms with Crippen LogP contribution in [-0.4, -0.2) is 27.9 Å². The van der Waals surface area contributed by atoms with Gasteiger partial charge in [0.15, 0.2) is 0 Å². The molecule has 1 atom stereocenters. The molecule has 1 unspecified atom stereocenters. The van der Waals surface area contributed by atoms with Crippen molar-refractivity contribution in [2.75, 3.05) is 7.05 Å². The van der Waals surface area contributed by atoms with E-state index in [-0.39, 0.29) is 12.1 Å². The highest BCUT2D eigenvalue weighted by Crippen LogP contribution is 2.13. The molecule has 0 saturated heterocycles. The molecule has 0 fully saturated rings. The Morgan fingerprint density at radius 3 is 2.38 bits per heavy atom. The number of nitrogens with one attached hydrogen (secondary N) is 1. The van der Waals surface area contributed by atoms with E-state index >= 15 is 0 Å². The number of aromatic nitrogens is 3. The van der Waals surface area contributed by atoms with Crippen molar-refractivity contribution < 1.29 is 8.78 Å². The van der Waals surface area contributed by atoms with Crippen molar-refractivity contribution in [3.8, 4) is 0 Å². The summed E-state index contributed by atoms with van der Waals surface area (Å²) >= 11 is 0. The van der Waals surface area contributed by atoms with Gasteiger partial charge in [-0.05, 0) is 45.0 Å². The van der Waals surface area contributed by atoms with Crippen LogP contribution < -0.4 is 5.32 Å². The molecule has 0 saturated carbocycles. The van der Waals surface area contributed by atoms with Crippen molar-refractivity contribution in [2.45, 2.75) is 38.8 Å². The number of hydrogen-bond donors (Lipinski definition) is 1. The highest BCUT2D eigenvalue weighted by Gasteiger charge is 2.15. The molecular weight excluding hydrogens is 274 g/mol. The molecule has 4 nitrogen and oxygen atoms in total. The molecule has 1 aromatic heterocycles. The average molecular weight is 294 g/mol. The number of rotatable bonds is 6. The highest BCUT2D eigenvalue weighted by molar-refractivity contribution is 5.19. The predicted molar refractivity (Wildman–Crippen MR) is 77.0 cm³/mol. The zero-order valence-corrected chi connectivity index (χ0v) is 12.5. The van der Waals surface area contributed by atoms with E-state index in [0.717, 1.165) is 11.9 Å². The molecule has 2 rings (SSSR count). The Bertz CT molecular complexity index is 575. The molecular formula is C15H20F2N4. The van der Waals surface area contributed by atoms with Crippen LogP contribution in [0.15, 0.2) is 24.5 Å². The van der Waals surface area contributed by atoms with Gasteiger partial charge in [0, 0.05) is 24.6 Å². The number of halogens is 2. The van der Waals surface area contributed by atoms with Gasteiger partial charge in [-0.25, -0.2) is 18.4 Å². The van der Waals surface area contributed by atoms with Gasteiger partial charge in [0.25, 0.3) is 0 Å². The van der Waals surface area contributed by atoms with Crippen LogP contribution in [0.3, 0.4) is 0 Å². The smallest absolute Gasteiger partial charge is 0.138 e. The van der Waals surface area contributed by atoms with Crippen molar-refractivity contribution in [1.29, 1.82) is 0 Å². The van der Waals surface area contributed by atoms with Crippen LogP contribution in [0, 0.1) is 11.6 Å². The Morgan fingerprint density at radius 2 is 1.81 bits per heavy atom. The van der Waals surface area contributed by atoms with Crippen LogP contribution in [0.25, 0.3) is 0 Å². The lowest BCUT2D eigenvalue weighted by molar-refractivity contribution is 0.469. The summed E-state index contributed by atoms with van der Waals surface area (Å²) < 4.78 is 28.3. The zero-order valence-electron chi connectivity index (χ0n) is 12.5. The van der Waals surface area contributed by atoms with E-state index in [9.17, 15) is 8.78 Å². The van der Waals surface area contributed by atoms with Gasteiger partial charge < -0.3 is 5.32 Å². The summed E-state index contributed by atoms with van der Waals surface area (Å²) in [5.74, 6) is -0.239. The van der Waals surface area contributed by atoms with Crippen LogP contribution in [0.5, 0.6) is 0 Å². The largest absolute Gasteiger partial charge is 0.316 e. The number of hydrogen-bond acceptors (Lipinski definition) is 3. The van der Waals surface area contributed by atoms with Crippen molar-refractivity contribution in [1.82, 2.24) is 20.1 Å². The fraction of sp³-hybridized carbons (Fsp3) is 0.467. The van der Waals surface area contributed by atoms with E-state index in [1.54, 1.807) is 0 Å². The van der Waals surface area contributed by atoms with Crippen molar-refractivity contribution in [2.24, 2.45) is 0 Å². The summed E-state index contributed by atoms with van der Waals surface area (Å²) in [4.78, 5) is 4.27. The lowest BCUT2D eigenvalue weighted by Gasteiger charge is -2.17. The SMILES string of the molecule is CNC(Cc1cc(F)cc(F)c1)Cc1ncnn1C(C)C. The molecule has 114 valence electrons. The molecule has 2 aromatic rings. The number of nitrogens with zero attached hydrogens (tertiary/aromatic N) is 3. The Kier molecular flexibility index (Phi) is 5.01. The second kappa shape index (κ2) is 6.76. The summed E-state index contributed by atoms with van der Waals surface area (Å²) in [6, 6.07) is 3.87. The van der Waals surface area contributed by atoms with Gasteiger partial charge in [-0.3, -0.25) is 0 Å². The van der Waals surface area contributed by atoms with Gasteiger partial charge in [0.2, 0.25) is 0 Å². The lowest BCUT2D eigenvalue weighted by atomic mass is 10.0. The van der Waals surface area contributed by atoms with Crippen LogP contribution in [0.4, 0.5) is 8.78 Å². The van der Waals surface area contributed by atoms with Gasteiger partial charge in [-0.2, -0.15) is 5.10 Å². The molecule has 0 aliphatic carbocycles. The average Bonchev–Trinajstić information content (AvgIpc) is 2.85. The molecule has 1 aromatic carbocycles. The minimum Gasteiger partial charge on any atom is -0.316 e. The second-order valence-electron chi connectivity index (χ2n) is 5.39. The van der Waals surface area contributed by atoms with E-state index in [1.807, 2.05) is 25.6 Å². The monoisotopic (exact) mass is 294 g/mol. The van der Waals surface area contributed by atoms with Gasteiger partial charge in [-0.15, -0.1) is 0 Å². The molecule has 0 radical (unpaired) electrons. The molecule has 1 heterocycles. The summed E-state index contributed by atoms with van der Waals surface area (Å²) in [5.41, 5.74) is 0.627. The first-order valence-corrected chi connectivity index (χ1v) is 7.00. The predicted octanol–water partition coefficient (Wildman–Crippen LogP) is 2.51. The minimum atomic E-state index is -0.551. The van der Waals surface area contributed by atoms with E-state index in [0.29, 0.717) is 18.4 Å². The minimum absolute atomic E-state index is 0.0351. The van der Waals surface area contributed by atoms with Crippen molar-refractivity contribution in [3.63, 3.8) is 0 Å². The standard InChI is InChI=1S/C15H20F2N4/c1-10(2)21-15(19-9-20-21)8-14(18-3)6-11-4-12(16)7-13(17)5-11/h4-5,7,9-10,14,18H,6,8H2,1-3H3. The summed E-state index contributed by atoms with van der Waals surface area (Å²) in [7, 11) is 1.83. The highest BCUT2D eigenvalue weighted by atomic mass is 19.1. The lowest BCUT2D eigenvalue weighted by Crippen LogP contribution is -2.31. The van der Waals surface area contributed by atoms with Crippen LogP contribution in [0.2, 0.25) is 0 Å². The normalized spacial score (nSPS) is 12.9. The molecule has 21 heavy (non-hydrogen) atoms. The van der Waals surface area contributed by atoms with Crippen LogP contribution >= 0.6 is 0 Å². The Hall–Kier alpha value is -1.82. The first-order valence-electron chi connectivity index (χ1n) is 7.00. The van der Waals surface area contributed by atoms with Crippen molar-refractivity contribution >= 4 is 0 Å². The number of likely N-dealkylation sites (N-methyl/N-ethyl adjacent to an activating group) is 1. The van der Waals surface area contributed by atoms with Gasteiger partial charge in [-0.1, -0.05) is 0 Å². The molecule has 6 heteroatoms. The molecule has 0 amide bonds. The fourth-order valence-electron chi connectivity index (χ4n) is 2.36. The third-order valence-electron chi connectivity index (χ3n) is 3.38. The third-order valence-corrected chi connectivity index (χ3v) is 3.38. The number of benzene rings is 1. The quantitative estimate of drug-likeness (QED) is 0.890. The first kappa shape index (κ1) is 15.6. The van der Waals surface area contributed by atoms with Gasteiger partial charge in [0.05, 0.1) is 0 Å². The Balaban J connectivity index is 2.11. The van der Waals surface area contributed by atoms with E-state index in [4.69, 9.17) is 0 Å². The van der Waals surface area contributed by atoms with Crippen LogP contribution in [0.1, 0.15) is 31.3 Å². The molecule has 0 aliphatic rings. The van der Waals surface area contributed by atoms with Gasteiger partial charge >= 0.3 is 0 Å². The fourth-order valence-corrected chi connectivity index (χ4v) is 2.36. The van der Waals surface area contributed by atoms with E-state index in [1.165, 1.54) is 18.5 Å². The summed E-state index contributed by atoms with van der Waals surface area (Å²) in [6.07, 6.45) is 2.70.